The molecule has 3 heterocycles. The van der Waals surface area contributed by atoms with Crippen LogP contribution in [0.1, 0.15) is 42.5 Å². The van der Waals surface area contributed by atoms with E-state index < -0.39 is 0 Å². The molecule has 2 aromatic heterocycles. The standard InChI is InChI=1S/C24H24N4O3S/c1-4-11-31-18-10-9-15(12-19(18)30-3)16-13-21(29)26-23-22(16)14(2)27-28(23)24-25-17-7-5-6-8-20(17)32-24/h5-10,12,16H,4,11,13H2,1-3H3,(H,26,29)/t16-/m0/s1. The zero-order valence-electron chi connectivity index (χ0n) is 18.2. The molecule has 1 aliphatic rings. The van der Waals surface area contributed by atoms with Crippen LogP contribution in [0.15, 0.2) is 42.5 Å². The summed E-state index contributed by atoms with van der Waals surface area (Å²) >= 11 is 1.55. The molecule has 0 radical (unpaired) electrons. The second-order valence-electron chi connectivity index (χ2n) is 7.79. The van der Waals surface area contributed by atoms with Crippen molar-refractivity contribution in [2.45, 2.75) is 32.6 Å². The molecule has 164 valence electrons. The Balaban J connectivity index is 1.59. The number of methoxy groups -OCH3 is 1. The third-order valence-electron chi connectivity index (χ3n) is 5.62. The lowest BCUT2D eigenvalue weighted by atomic mass is 9.85. The van der Waals surface area contributed by atoms with Gasteiger partial charge in [-0.2, -0.15) is 9.78 Å². The number of aromatic nitrogens is 3. The fourth-order valence-corrected chi connectivity index (χ4v) is 5.08. The van der Waals surface area contributed by atoms with E-state index in [-0.39, 0.29) is 11.8 Å². The number of rotatable bonds is 6. The number of nitrogens with one attached hydrogen (secondary N) is 1. The lowest BCUT2D eigenvalue weighted by Gasteiger charge is -2.24. The molecule has 1 amide bonds. The Morgan fingerprint density at radius 3 is 2.84 bits per heavy atom. The van der Waals surface area contributed by atoms with E-state index in [1.54, 1.807) is 23.1 Å². The number of aryl methyl sites for hydroxylation is 1. The minimum Gasteiger partial charge on any atom is -0.493 e. The van der Waals surface area contributed by atoms with Gasteiger partial charge in [-0.3, -0.25) is 4.79 Å². The Morgan fingerprint density at radius 2 is 2.06 bits per heavy atom. The average Bonchev–Trinajstić information content (AvgIpc) is 3.38. The van der Waals surface area contributed by atoms with Gasteiger partial charge in [0.15, 0.2) is 11.5 Å². The molecule has 5 rings (SSSR count). The van der Waals surface area contributed by atoms with Crippen molar-refractivity contribution in [3.63, 3.8) is 0 Å². The van der Waals surface area contributed by atoms with Crippen LogP contribution in [0.25, 0.3) is 15.3 Å². The number of carbonyl (C=O) groups is 1. The Kier molecular flexibility index (Phi) is 5.30. The number of hydrogen-bond donors (Lipinski definition) is 1. The summed E-state index contributed by atoms with van der Waals surface area (Å²) in [6.07, 6.45) is 1.26. The maximum absolute atomic E-state index is 12.7. The molecule has 0 saturated heterocycles. The number of amides is 1. The lowest BCUT2D eigenvalue weighted by molar-refractivity contribution is -0.116. The first-order valence-electron chi connectivity index (χ1n) is 10.6. The number of benzene rings is 2. The van der Waals surface area contributed by atoms with Gasteiger partial charge in [0.2, 0.25) is 11.0 Å². The number of nitrogens with zero attached hydrogens (tertiary/aromatic N) is 3. The van der Waals surface area contributed by atoms with E-state index in [1.165, 1.54) is 0 Å². The van der Waals surface area contributed by atoms with Gasteiger partial charge < -0.3 is 14.8 Å². The molecule has 4 aromatic rings. The maximum atomic E-state index is 12.7. The Hall–Kier alpha value is -3.39. The number of fused-ring (bicyclic) bond motifs is 2. The largest absolute Gasteiger partial charge is 0.493 e. The number of para-hydroxylation sites is 1. The minimum atomic E-state index is -0.129. The van der Waals surface area contributed by atoms with Gasteiger partial charge >= 0.3 is 0 Å². The Morgan fingerprint density at radius 1 is 1.22 bits per heavy atom. The van der Waals surface area contributed by atoms with E-state index in [0.717, 1.165) is 38.6 Å². The van der Waals surface area contributed by atoms with E-state index in [1.807, 2.05) is 49.4 Å². The SMILES string of the molecule is CCCOc1ccc([C@@H]2CC(=O)Nc3c2c(C)nn3-c2nc3ccccc3s2)cc1OC. The third-order valence-corrected chi connectivity index (χ3v) is 6.63. The van der Waals surface area contributed by atoms with Crippen LogP contribution < -0.4 is 14.8 Å². The van der Waals surface area contributed by atoms with Gasteiger partial charge in [0.25, 0.3) is 0 Å². The lowest BCUT2D eigenvalue weighted by Crippen LogP contribution is -2.25. The van der Waals surface area contributed by atoms with Gasteiger partial charge in [-0.1, -0.05) is 36.5 Å². The fraction of sp³-hybridized carbons (Fsp3) is 0.292. The highest BCUT2D eigenvalue weighted by Crippen LogP contribution is 2.43. The number of carbonyl (C=O) groups excluding carboxylic acids is 1. The molecular formula is C24H24N4O3S. The number of thiazole rings is 1. The molecule has 0 saturated carbocycles. The van der Waals surface area contributed by atoms with Crippen LogP contribution in [0.4, 0.5) is 5.82 Å². The normalized spacial score (nSPS) is 15.5. The summed E-state index contributed by atoms with van der Waals surface area (Å²) in [5.41, 5.74) is 3.79. The summed E-state index contributed by atoms with van der Waals surface area (Å²) < 4.78 is 14.2. The van der Waals surface area contributed by atoms with Crippen molar-refractivity contribution in [2.24, 2.45) is 0 Å². The summed E-state index contributed by atoms with van der Waals surface area (Å²) in [5, 5.41) is 8.53. The Bertz CT molecular complexity index is 1280. The highest BCUT2D eigenvalue weighted by atomic mass is 32.1. The zero-order valence-corrected chi connectivity index (χ0v) is 19.0. The highest BCUT2D eigenvalue weighted by Gasteiger charge is 2.33. The van der Waals surface area contributed by atoms with Gasteiger partial charge in [-0.05, 0) is 43.2 Å². The molecule has 32 heavy (non-hydrogen) atoms. The average molecular weight is 449 g/mol. The van der Waals surface area contributed by atoms with Gasteiger partial charge in [0.1, 0.15) is 5.82 Å². The first kappa shape index (κ1) is 20.5. The smallest absolute Gasteiger partial charge is 0.226 e. The second kappa shape index (κ2) is 8.27. The molecule has 0 aliphatic carbocycles. The predicted molar refractivity (Wildman–Crippen MR) is 125 cm³/mol. The molecule has 1 atom stereocenters. The molecule has 7 nitrogen and oxygen atoms in total. The monoisotopic (exact) mass is 448 g/mol. The van der Waals surface area contributed by atoms with Crippen LogP contribution in [0.5, 0.6) is 11.5 Å². The van der Waals surface area contributed by atoms with Gasteiger partial charge in [-0.25, -0.2) is 4.98 Å². The topological polar surface area (TPSA) is 78.3 Å². The summed E-state index contributed by atoms with van der Waals surface area (Å²) in [4.78, 5) is 17.4. The number of hydrogen-bond acceptors (Lipinski definition) is 6. The molecule has 0 bridgehead atoms. The quantitative estimate of drug-likeness (QED) is 0.446. The molecular weight excluding hydrogens is 424 g/mol. The molecule has 1 N–H and O–H groups in total. The van der Waals surface area contributed by atoms with Crippen LogP contribution in [0.3, 0.4) is 0 Å². The van der Waals surface area contributed by atoms with Crippen molar-refractivity contribution >= 4 is 33.3 Å². The molecule has 8 heteroatoms. The molecule has 0 fully saturated rings. The summed E-state index contributed by atoms with van der Waals surface area (Å²) in [6, 6.07) is 13.9. The number of anilines is 1. The first-order valence-corrected chi connectivity index (χ1v) is 11.5. The maximum Gasteiger partial charge on any atom is 0.226 e. The van der Waals surface area contributed by atoms with E-state index in [9.17, 15) is 4.79 Å². The highest BCUT2D eigenvalue weighted by molar-refractivity contribution is 7.20. The Labute approximate surface area is 190 Å². The predicted octanol–water partition coefficient (Wildman–Crippen LogP) is 5.06. The van der Waals surface area contributed by atoms with Crippen LogP contribution >= 0.6 is 11.3 Å². The minimum absolute atomic E-state index is 0.0463. The molecule has 0 spiro atoms. The molecule has 1 aliphatic heterocycles. The van der Waals surface area contributed by atoms with Crippen LogP contribution in [0, 0.1) is 6.92 Å². The first-order chi connectivity index (χ1) is 15.6. The van der Waals surface area contributed by atoms with Crippen molar-refractivity contribution in [3.8, 4) is 16.6 Å². The van der Waals surface area contributed by atoms with E-state index in [4.69, 9.17) is 19.6 Å². The molecule has 0 unspecified atom stereocenters. The van der Waals surface area contributed by atoms with Crippen LogP contribution in [-0.2, 0) is 4.79 Å². The van der Waals surface area contributed by atoms with E-state index in [0.29, 0.717) is 30.3 Å². The third kappa shape index (κ3) is 3.50. The van der Waals surface area contributed by atoms with Crippen LogP contribution in [-0.4, -0.2) is 34.4 Å². The van der Waals surface area contributed by atoms with Crippen molar-refractivity contribution in [1.82, 2.24) is 14.8 Å². The van der Waals surface area contributed by atoms with Crippen molar-refractivity contribution in [1.29, 1.82) is 0 Å². The van der Waals surface area contributed by atoms with Crippen molar-refractivity contribution in [3.05, 3.63) is 59.3 Å². The van der Waals surface area contributed by atoms with Gasteiger partial charge in [0, 0.05) is 17.9 Å². The fourth-order valence-electron chi connectivity index (χ4n) is 4.15. The van der Waals surface area contributed by atoms with Gasteiger partial charge in [0.05, 0.1) is 29.6 Å². The molecule has 2 aromatic carbocycles. The van der Waals surface area contributed by atoms with Crippen molar-refractivity contribution in [2.75, 3.05) is 19.0 Å². The zero-order chi connectivity index (χ0) is 22.2. The summed E-state index contributed by atoms with van der Waals surface area (Å²) in [5.74, 6) is 1.89. The van der Waals surface area contributed by atoms with Crippen molar-refractivity contribution < 1.29 is 14.3 Å². The van der Waals surface area contributed by atoms with Gasteiger partial charge in [-0.15, -0.1) is 0 Å². The summed E-state index contributed by atoms with van der Waals surface area (Å²) in [6.45, 7) is 4.66. The van der Waals surface area contributed by atoms with E-state index in [2.05, 4.69) is 12.2 Å². The number of ether oxygens (including phenoxy) is 2. The van der Waals surface area contributed by atoms with Crippen LogP contribution in [0.2, 0.25) is 0 Å². The second-order valence-corrected chi connectivity index (χ2v) is 8.80. The summed E-state index contributed by atoms with van der Waals surface area (Å²) in [7, 11) is 1.63. The van der Waals surface area contributed by atoms with E-state index >= 15 is 0 Å².